The molecular weight excluding hydrogens is 378 g/mol. The molecule has 26 heavy (non-hydrogen) atoms. The van der Waals surface area contributed by atoms with Gasteiger partial charge in [0.05, 0.1) is 10.6 Å². The number of hydrogen-bond donors (Lipinski definition) is 0. The molecule has 1 fully saturated rings. The van der Waals surface area contributed by atoms with E-state index in [9.17, 15) is 13.6 Å². The molecule has 1 aliphatic heterocycles. The molecule has 0 unspecified atom stereocenters. The zero-order valence-corrected chi connectivity index (χ0v) is 15.9. The molecule has 0 aliphatic carbocycles. The summed E-state index contributed by atoms with van der Waals surface area (Å²) >= 11 is 7.75. The van der Waals surface area contributed by atoms with Gasteiger partial charge in [-0.25, -0.2) is 8.78 Å². The fourth-order valence-electron chi connectivity index (χ4n) is 2.99. The maximum Gasteiger partial charge on any atom is 0.255 e. The lowest BCUT2D eigenvalue weighted by atomic mass is 10.1. The summed E-state index contributed by atoms with van der Waals surface area (Å²) in [6, 6.07) is 9.64. The molecular formula is C19H19ClF2N2OS. The minimum atomic E-state index is -0.834. The number of carbonyl (C=O) groups excluding carboxylic acids is 1. The van der Waals surface area contributed by atoms with Gasteiger partial charge in [-0.3, -0.25) is 9.69 Å². The summed E-state index contributed by atoms with van der Waals surface area (Å²) in [6.07, 6.45) is 1.95. The third-order valence-corrected chi connectivity index (χ3v) is 5.54. The van der Waals surface area contributed by atoms with E-state index in [-0.39, 0.29) is 5.91 Å². The van der Waals surface area contributed by atoms with Gasteiger partial charge in [-0.05, 0) is 30.5 Å². The molecule has 2 aromatic carbocycles. The highest BCUT2D eigenvalue weighted by molar-refractivity contribution is 7.98. The van der Waals surface area contributed by atoms with Crippen molar-refractivity contribution < 1.29 is 13.6 Å². The van der Waals surface area contributed by atoms with Gasteiger partial charge in [-0.2, -0.15) is 0 Å². The maximum atomic E-state index is 13.8. The van der Waals surface area contributed by atoms with Gasteiger partial charge in [0, 0.05) is 43.2 Å². The van der Waals surface area contributed by atoms with Crippen molar-refractivity contribution in [1.82, 2.24) is 9.80 Å². The first-order chi connectivity index (χ1) is 12.5. The minimum absolute atomic E-state index is 0.0949. The van der Waals surface area contributed by atoms with Gasteiger partial charge in [0.1, 0.15) is 0 Å². The van der Waals surface area contributed by atoms with E-state index in [2.05, 4.69) is 0 Å². The predicted molar refractivity (Wildman–Crippen MR) is 101 cm³/mol. The fraction of sp³-hybridized carbons (Fsp3) is 0.316. The van der Waals surface area contributed by atoms with E-state index in [1.54, 1.807) is 28.8 Å². The second-order valence-electron chi connectivity index (χ2n) is 6.13. The van der Waals surface area contributed by atoms with Gasteiger partial charge < -0.3 is 4.90 Å². The van der Waals surface area contributed by atoms with Crippen molar-refractivity contribution in [2.45, 2.75) is 11.4 Å². The van der Waals surface area contributed by atoms with Crippen LogP contribution in [0.25, 0.3) is 0 Å². The topological polar surface area (TPSA) is 23.6 Å². The Balaban J connectivity index is 1.63. The van der Waals surface area contributed by atoms with Crippen LogP contribution in [0.15, 0.2) is 41.3 Å². The Labute approximate surface area is 160 Å². The van der Waals surface area contributed by atoms with Crippen molar-refractivity contribution in [3.05, 3.63) is 64.2 Å². The lowest BCUT2D eigenvalue weighted by Crippen LogP contribution is -2.48. The second-order valence-corrected chi connectivity index (χ2v) is 7.41. The Morgan fingerprint density at radius 1 is 1.15 bits per heavy atom. The van der Waals surface area contributed by atoms with E-state index in [4.69, 9.17) is 11.6 Å². The second kappa shape index (κ2) is 8.37. The summed E-state index contributed by atoms with van der Waals surface area (Å²) < 4.78 is 27.1. The van der Waals surface area contributed by atoms with Crippen LogP contribution in [-0.4, -0.2) is 48.1 Å². The number of thioether (sulfide) groups is 1. The van der Waals surface area contributed by atoms with E-state index in [0.29, 0.717) is 48.9 Å². The Morgan fingerprint density at radius 2 is 1.88 bits per heavy atom. The summed E-state index contributed by atoms with van der Waals surface area (Å²) in [5.74, 6) is -1.73. The fourth-order valence-corrected chi connectivity index (χ4v) is 3.62. The molecule has 138 valence electrons. The molecule has 0 bridgehead atoms. The number of carbonyl (C=O) groups is 1. The van der Waals surface area contributed by atoms with E-state index < -0.39 is 11.6 Å². The van der Waals surface area contributed by atoms with Crippen LogP contribution in [0.5, 0.6) is 0 Å². The molecule has 0 saturated carbocycles. The van der Waals surface area contributed by atoms with Crippen LogP contribution in [0.3, 0.4) is 0 Å². The summed E-state index contributed by atoms with van der Waals surface area (Å²) in [7, 11) is 0. The van der Waals surface area contributed by atoms with Gasteiger partial charge >= 0.3 is 0 Å². The van der Waals surface area contributed by atoms with Crippen molar-refractivity contribution in [2.24, 2.45) is 0 Å². The molecule has 1 amide bonds. The first-order valence-corrected chi connectivity index (χ1v) is 9.88. The van der Waals surface area contributed by atoms with Gasteiger partial charge in [0.25, 0.3) is 5.91 Å². The Bertz CT molecular complexity index is 810. The van der Waals surface area contributed by atoms with Crippen LogP contribution in [0.4, 0.5) is 8.78 Å². The Hall–Kier alpha value is -1.63. The van der Waals surface area contributed by atoms with Crippen molar-refractivity contribution in [3.63, 3.8) is 0 Å². The van der Waals surface area contributed by atoms with Crippen molar-refractivity contribution in [3.8, 4) is 0 Å². The normalized spacial score (nSPS) is 15.3. The summed E-state index contributed by atoms with van der Waals surface area (Å²) in [5, 5.41) is 0.442. The van der Waals surface area contributed by atoms with E-state index >= 15 is 0 Å². The van der Waals surface area contributed by atoms with Crippen molar-refractivity contribution >= 4 is 29.3 Å². The summed E-state index contributed by atoms with van der Waals surface area (Å²) in [4.78, 5) is 17.5. The predicted octanol–water partition coefficient (Wildman–Crippen LogP) is 4.30. The summed E-state index contributed by atoms with van der Waals surface area (Å²) in [5.41, 5.74) is 0.837. The molecule has 2 aromatic rings. The molecule has 0 radical (unpaired) electrons. The number of amides is 1. The zero-order chi connectivity index (χ0) is 18.7. The lowest BCUT2D eigenvalue weighted by Gasteiger charge is -2.35. The largest absolute Gasteiger partial charge is 0.336 e. The highest BCUT2D eigenvalue weighted by Crippen LogP contribution is 2.25. The first-order valence-electron chi connectivity index (χ1n) is 8.27. The monoisotopic (exact) mass is 396 g/mol. The highest BCUT2D eigenvalue weighted by Gasteiger charge is 2.24. The third kappa shape index (κ3) is 4.19. The highest BCUT2D eigenvalue weighted by atomic mass is 35.5. The quantitative estimate of drug-likeness (QED) is 0.720. The smallest absolute Gasteiger partial charge is 0.255 e. The average molecular weight is 397 g/mol. The Morgan fingerprint density at radius 3 is 2.58 bits per heavy atom. The minimum Gasteiger partial charge on any atom is -0.336 e. The molecule has 0 N–H and O–H groups in total. The molecule has 1 aliphatic rings. The molecule has 1 heterocycles. The number of rotatable bonds is 4. The number of nitrogens with zero attached hydrogens (tertiary/aromatic N) is 2. The summed E-state index contributed by atoms with van der Waals surface area (Å²) in [6.45, 7) is 2.57. The van der Waals surface area contributed by atoms with E-state index in [1.807, 2.05) is 23.3 Å². The van der Waals surface area contributed by atoms with Crippen LogP contribution in [-0.2, 0) is 6.54 Å². The maximum absolute atomic E-state index is 13.8. The lowest BCUT2D eigenvalue weighted by molar-refractivity contribution is 0.0626. The van der Waals surface area contributed by atoms with Crippen LogP contribution < -0.4 is 0 Å². The number of hydrogen-bond acceptors (Lipinski definition) is 3. The standard InChI is InChI=1S/C19H19ClF2N2OS/c1-26-14-5-6-16(20)15(11-14)19(25)24-9-7-23(8-10-24)12-13-3-2-4-17(21)18(13)22/h2-6,11H,7-10,12H2,1H3. The van der Waals surface area contributed by atoms with Gasteiger partial charge in [-0.15, -0.1) is 11.8 Å². The molecule has 1 saturated heterocycles. The van der Waals surface area contributed by atoms with Crippen LogP contribution in [0, 0.1) is 11.6 Å². The number of halogens is 3. The van der Waals surface area contributed by atoms with Crippen molar-refractivity contribution in [1.29, 1.82) is 0 Å². The van der Waals surface area contributed by atoms with Crippen molar-refractivity contribution in [2.75, 3.05) is 32.4 Å². The molecule has 7 heteroatoms. The molecule has 0 aromatic heterocycles. The average Bonchev–Trinajstić information content (AvgIpc) is 2.66. The van der Waals surface area contributed by atoms with E-state index in [0.717, 1.165) is 11.0 Å². The van der Waals surface area contributed by atoms with Crippen LogP contribution >= 0.6 is 23.4 Å². The molecule has 3 nitrogen and oxygen atoms in total. The first kappa shape index (κ1) is 19.1. The molecule has 3 rings (SSSR count). The third-order valence-electron chi connectivity index (χ3n) is 4.49. The van der Waals surface area contributed by atoms with Gasteiger partial charge in [-0.1, -0.05) is 23.7 Å². The number of benzene rings is 2. The van der Waals surface area contributed by atoms with Gasteiger partial charge in [0.2, 0.25) is 0 Å². The zero-order valence-electron chi connectivity index (χ0n) is 14.3. The Kier molecular flexibility index (Phi) is 6.16. The van der Waals surface area contributed by atoms with Gasteiger partial charge in [0.15, 0.2) is 11.6 Å². The van der Waals surface area contributed by atoms with E-state index in [1.165, 1.54) is 6.07 Å². The number of piperazine rings is 1. The molecule has 0 atom stereocenters. The molecule has 0 spiro atoms. The SMILES string of the molecule is CSc1ccc(Cl)c(C(=O)N2CCN(Cc3cccc(F)c3F)CC2)c1. The van der Waals surface area contributed by atoms with Crippen LogP contribution in [0.2, 0.25) is 5.02 Å². The van der Waals surface area contributed by atoms with Crippen LogP contribution in [0.1, 0.15) is 15.9 Å².